The van der Waals surface area contributed by atoms with E-state index in [1.54, 1.807) is 18.2 Å². The molecule has 0 bridgehead atoms. The van der Waals surface area contributed by atoms with Gasteiger partial charge in [0.25, 0.3) is 5.91 Å². The van der Waals surface area contributed by atoms with Gasteiger partial charge in [-0.1, -0.05) is 30.3 Å². The van der Waals surface area contributed by atoms with Crippen LogP contribution in [0.2, 0.25) is 0 Å². The Morgan fingerprint density at radius 1 is 1.04 bits per heavy atom. The van der Waals surface area contributed by atoms with E-state index in [-0.39, 0.29) is 5.91 Å². The van der Waals surface area contributed by atoms with Crippen molar-refractivity contribution in [3.63, 3.8) is 0 Å². The van der Waals surface area contributed by atoms with Crippen LogP contribution in [0.15, 0.2) is 42.5 Å². The number of amides is 1. The zero-order valence-electron chi connectivity index (χ0n) is 14.7. The van der Waals surface area contributed by atoms with Crippen molar-refractivity contribution in [1.29, 1.82) is 0 Å². The number of para-hydroxylation sites is 3. The summed E-state index contributed by atoms with van der Waals surface area (Å²) < 4.78 is 11.3. The molecule has 136 valence electrons. The van der Waals surface area contributed by atoms with E-state index in [1.807, 2.05) is 38.1 Å². The Balaban J connectivity index is 1.76. The fourth-order valence-electron chi connectivity index (χ4n) is 2.95. The topological polar surface area (TPSA) is 84.9 Å². The lowest BCUT2D eigenvalue weighted by Gasteiger charge is -2.17. The number of carboxylic acid groups (broad SMARTS) is 1. The number of carbonyl (C=O) groups is 2. The van der Waals surface area contributed by atoms with Crippen molar-refractivity contribution in [1.82, 2.24) is 0 Å². The van der Waals surface area contributed by atoms with Gasteiger partial charge in [-0.3, -0.25) is 4.79 Å². The predicted molar refractivity (Wildman–Crippen MR) is 96.6 cm³/mol. The molecule has 1 saturated heterocycles. The van der Waals surface area contributed by atoms with Gasteiger partial charge in [-0.15, -0.1) is 0 Å². The molecule has 1 fully saturated rings. The van der Waals surface area contributed by atoms with Gasteiger partial charge in [-0.2, -0.15) is 0 Å². The Hall–Kier alpha value is -2.86. The molecule has 1 aliphatic rings. The number of rotatable bonds is 5. The van der Waals surface area contributed by atoms with Crippen molar-refractivity contribution >= 4 is 17.6 Å². The first kappa shape index (κ1) is 17.9. The number of anilines is 1. The highest BCUT2D eigenvalue weighted by molar-refractivity contribution is 5.96. The maximum Gasteiger partial charge on any atom is 0.332 e. The molecule has 6 nitrogen and oxygen atoms in total. The molecule has 0 aromatic heterocycles. The maximum atomic E-state index is 12.4. The van der Waals surface area contributed by atoms with Gasteiger partial charge in [0, 0.05) is 0 Å². The van der Waals surface area contributed by atoms with Crippen molar-refractivity contribution in [3.05, 3.63) is 53.6 Å². The number of nitrogens with one attached hydrogen (secondary N) is 1. The SMILES string of the molecule is Cc1cccc(C)c1Oc1ccccc1NC(=O)[C@@H]1CC[C@H](C(=O)O)O1. The highest BCUT2D eigenvalue weighted by atomic mass is 16.5. The van der Waals surface area contributed by atoms with Gasteiger partial charge in [0.15, 0.2) is 11.9 Å². The second kappa shape index (κ2) is 7.58. The van der Waals surface area contributed by atoms with E-state index in [2.05, 4.69) is 5.32 Å². The molecule has 0 radical (unpaired) electrons. The molecule has 1 heterocycles. The van der Waals surface area contributed by atoms with Crippen LogP contribution in [-0.4, -0.2) is 29.2 Å². The maximum absolute atomic E-state index is 12.4. The molecule has 26 heavy (non-hydrogen) atoms. The second-order valence-electron chi connectivity index (χ2n) is 6.34. The number of benzene rings is 2. The summed E-state index contributed by atoms with van der Waals surface area (Å²) in [6.45, 7) is 3.92. The van der Waals surface area contributed by atoms with Crippen molar-refractivity contribution in [2.45, 2.75) is 38.9 Å². The molecule has 2 atom stereocenters. The first-order valence-electron chi connectivity index (χ1n) is 8.48. The van der Waals surface area contributed by atoms with Gasteiger partial charge < -0.3 is 19.9 Å². The normalized spacial score (nSPS) is 19.2. The smallest absolute Gasteiger partial charge is 0.332 e. The Morgan fingerprint density at radius 3 is 2.35 bits per heavy atom. The molecule has 2 aromatic rings. The number of hydrogen-bond acceptors (Lipinski definition) is 4. The Bertz CT molecular complexity index is 812. The van der Waals surface area contributed by atoms with Gasteiger partial charge in [0.05, 0.1) is 5.69 Å². The Kier molecular flexibility index (Phi) is 5.23. The number of carbonyl (C=O) groups excluding carboxylic acids is 1. The summed E-state index contributed by atoms with van der Waals surface area (Å²) in [6.07, 6.45) is -0.993. The van der Waals surface area contributed by atoms with Crippen molar-refractivity contribution in [2.75, 3.05) is 5.32 Å². The highest BCUT2D eigenvalue weighted by Crippen LogP contribution is 2.33. The molecule has 2 N–H and O–H groups in total. The van der Waals surface area contributed by atoms with Gasteiger partial charge in [-0.05, 0) is 49.9 Å². The molecule has 0 unspecified atom stereocenters. The van der Waals surface area contributed by atoms with Crippen LogP contribution in [0.5, 0.6) is 11.5 Å². The molecule has 1 amide bonds. The Labute approximate surface area is 151 Å². The van der Waals surface area contributed by atoms with Crippen molar-refractivity contribution in [2.24, 2.45) is 0 Å². The molecule has 3 rings (SSSR count). The lowest BCUT2D eigenvalue weighted by atomic mass is 10.1. The number of carboxylic acids is 1. The average molecular weight is 355 g/mol. The van der Waals surface area contributed by atoms with Crippen LogP contribution < -0.4 is 10.1 Å². The Morgan fingerprint density at radius 2 is 1.69 bits per heavy atom. The van der Waals surface area contributed by atoms with E-state index in [1.165, 1.54) is 0 Å². The summed E-state index contributed by atoms with van der Waals surface area (Å²) in [5, 5.41) is 11.8. The number of aryl methyl sites for hydroxylation is 2. The van der Waals surface area contributed by atoms with E-state index in [0.29, 0.717) is 24.3 Å². The lowest BCUT2D eigenvalue weighted by molar-refractivity contribution is -0.150. The summed E-state index contributed by atoms with van der Waals surface area (Å²) in [7, 11) is 0. The van der Waals surface area contributed by atoms with Gasteiger partial charge >= 0.3 is 5.97 Å². The first-order chi connectivity index (χ1) is 12.5. The van der Waals surface area contributed by atoms with Crippen LogP contribution in [0.3, 0.4) is 0 Å². The number of hydrogen-bond donors (Lipinski definition) is 2. The third kappa shape index (κ3) is 3.86. The quantitative estimate of drug-likeness (QED) is 0.855. The first-order valence-corrected chi connectivity index (χ1v) is 8.48. The third-order valence-corrected chi connectivity index (χ3v) is 4.35. The molecular weight excluding hydrogens is 334 g/mol. The van der Waals surface area contributed by atoms with Crippen LogP contribution >= 0.6 is 0 Å². The molecular formula is C20H21NO5. The summed E-state index contributed by atoms with van der Waals surface area (Å²) in [5.41, 5.74) is 2.51. The molecule has 0 spiro atoms. The largest absolute Gasteiger partial charge is 0.479 e. The van der Waals surface area contributed by atoms with Crippen molar-refractivity contribution < 1.29 is 24.2 Å². The molecule has 1 aliphatic heterocycles. The number of aliphatic carboxylic acids is 1. The fourth-order valence-corrected chi connectivity index (χ4v) is 2.95. The van der Waals surface area contributed by atoms with Crippen molar-refractivity contribution in [3.8, 4) is 11.5 Å². The highest BCUT2D eigenvalue weighted by Gasteiger charge is 2.35. The number of ether oxygens (including phenoxy) is 2. The minimum absolute atomic E-state index is 0.327. The summed E-state index contributed by atoms with van der Waals surface area (Å²) >= 11 is 0. The van der Waals surface area contributed by atoms with E-state index in [4.69, 9.17) is 14.6 Å². The lowest BCUT2D eigenvalue weighted by Crippen LogP contribution is -2.30. The molecule has 2 aromatic carbocycles. The average Bonchev–Trinajstić information content (AvgIpc) is 3.10. The molecule has 0 aliphatic carbocycles. The zero-order chi connectivity index (χ0) is 18.7. The molecule has 6 heteroatoms. The van der Waals surface area contributed by atoms with Crippen LogP contribution in [0, 0.1) is 13.8 Å². The van der Waals surface area contributed by atoms with Crippen LogP contribution in [0.1, 0.15) is 24.0 Å². The van der Waals surface area contributed by atoms with Gasteiger partial charge in [0.2, 0.25) is 0 Å². The van der Waals surface area contributed by atoms with E-state index in [9.17, 15) is 9.59 Å². The van der Waals surface area contributed by atoms with Gasteiger partial charge in [0.1, 0.15) is 11.9 Å². The van der Waals surface area contributed by atoms with E-state index in [0.717, 1.165) is 16.9 Å². The summed E-state index contributed by atoms with van der Waals surface area (Å²) in [5.74, 6) is -0.145. The summed E-state index contributed by atoms with van der Waals surface area (Å²) in [6, 6.07) is 13.0. The summed E-state index contributed by atoms with van der Waals surface area (Å²) in [4.78, 5) is 23.4. The third-order valence-electron chi connectivity index (χ3n) is 4.35. The van der Waals surface area contributed by atoms with Crippen LogP contribution in [-0.2, 0) is 14.3 Å². The fraction of sp³-hybridized carbons (Fsp3) is 0.300. The standard InChI is InChI=1S/C20H21NO5/c1-12-6-5-7-13(2)18(12)26-15-9-4-3-8-14(15)21-19(22)16-10-11-17(25-16)20(23)24/h3-9,16-17H,10-11H2,1-2H3,(H,21,22)(H,23,24)/t16-,17+/m0/s1. The van der Waals surface area contributed by atoms with Gasteiger partial charge in [-0.25, -0.2) is 4.79 Å². The van der Waals surface area contributed by atoms with E-state index >= 15 is 0 Å². The minimum atomic E-state index is -1.04. The van der Waals surface area contributed by atoms with Crippen LogP contribution in [0.25, 0.3) is 0 Å². The minimum Gasteiger partial charge on any atom is -0.479 e. The monoisotopic (exact) mass is 355 g/mol. The molecule has 0 saturated carbocycles. The van der Waals surface area contributed by atoms with Crippen LogP contribution in [0.4, 0.5) is 5.69 Å². The zero-order valence-corrected chi connectivity index (χ0v) is 14.7. The van der Waals surface area contributed by atoms with E-state index < -0.39 is 18.2 Å². The predicted octanol–water partition coefficient (Wildman–Crippen LogP) is 3.67. The second-order valence-corrected chi connectivity index (χ2v) is 6.34.